The van der Waals surface area contributed by atoms with Crippen molar-refractivity contribution in [3.8, 4) is 5.75 Å². The molecule has 0 aliphatic carbocycles. The molecular formula is C15H18FNO4. The Morgan fingerprint density at radius 3 is 2.57 bits per heavy atom. The minimum Gasteiger partial charge on any atom is -0.497 e. The summed E-state index contributed by atoms with van der Waals surface area (Å²) in [5, 5.41) is 8.80. The molecule has 0 spiro atoms. The molecule has 0 radical (unpaired) electrons. The monoisotopic (exact) mass is 295 g/mol. The molecule has 5 nitrogen and oxygen atoms in total. The minimum absolute atomic E-state index is 0.142. The molecule has 1 aliphatic rings. The third kappa shape index (κ3) is 3.51. The average Bonchev–Trinajstić information content (AvgIpc) is 2.89. The number of alkyl halides is 1. The molecule has 1 unspecified atom stereocenters. The number of ether oxygens (including phenoxy) is 1. The Morgan fingerprint density at radius 2 is 2.05 bits per heavy atom. The van der Waals surface area contributed by atoms with Crippen molar-refractivity contribution < 1.29 is 23.8 Å². The van der Waals surface area contributed by atoms with E-state index in [4.69, 9.17) is 9.84 Å². The number of methoxy groups -OCH3 is 1. The van der Waals surface area contributed by atoms with Crippen LogP contribution in [-0.2, 0) is 16.0 Å². The second-order valence-electron chi connectivity index (χ2n) is 5.18. The number of amides is 1. The number of halogens is 1. The van der Waals surface area contributed by atoms with Gasteiger partial charge in [-0.05, 0) is 24.1 Å². The predicted octanol–water partition coefficient (Wildman–Crippen LogP) is 1.65. The van der Waals surface area contributed by atoms with Gasteiger partial charge in [0, 0.05) is 19.4 Å². The van der Waals surface area contributed by atoms with Crippen molar-refractivity contribution in [3.63, 3.8) is 0 Å². The van der Waals surface area contributed by atoms with Gasteiger partial charge in [0.05, 0.1) is 13.7 Å². The van der Waals surface area contributed by atoms with Crippen LogP contribution in [-0.4, -0.2) is 47.8 Å². The first-order valence-electron chi connectivity index (χ1n) is 6.77. The van der Waals surface area contributed by atoms with Crippen LogP contribution in [0.4, 0.5) is 4.39 Å². The van der Waals surface area contributed by atoms with Gasteiger partial charge in [0.25, 0.3) is 0 Å². The molecule has 1 atom stereocenters. The summed E-state index contributed by atoms with van der Waals surface area (Å²) in [6, 6.07) is 7.36. The van der Waals surface area contributed by atoms with Crippen LogP contribution >= 0.6 is 0 Å². The van der Waals surface area contributed by atoms with Crippen LogP contribution < -0.4 is 4.74 Å². The maximum Gasteiger partial charge on any atom is 0.343 e. The smallest absolute Gasteiger partial charge is 0.343 e. The van der Waals surface area contributed by atoms with E-state index in [0.717, 1.165) is 11.3 Å². The van der Waals surface area contributed by atoms with Crippen LogP contribution in [0.1, 0.15) is 18.4 Å². The van der Waals surface area contributed by atoms with E-state index in [1.54, 1.807) is 7.11 Å². The van der Waals surface area contributed by atoms with E-state index in [1.165, 1.54) is 4.90 Å². The highest BCUT2D eigenvalue weighted by Gasteiger charge is 2.46. The fraction of sp³-hybridized carbons (Fsp3) is 0.467. The van der Waals surface area contributed by atoms with Gasteiger partial charge in [0.1, 0.15) is 5.75 Å². The molecule has 1 aromatic rings. The van der Waals surface area contributed by atoms with Crippen LogP contribution in [0.5, 0.6) is 5.75 Å². The third-order valence-electron chi connectivity index (χ3n) is 3.74. The fourth-order valence-corrected chi connectivity index (χ4v) is 2.36. The van der Waals surface area contributed by atoms with E-state index < -0.39 is 11.6 Å². The van der Waals surface area contributed by atoms with Gasteiger partial charge < -0.3 is 14.7 Å². The summed E-state index contributed by atoms with van der Waals surface area (Å²) in [5.74, 6) is -0.965. The van der Waals surface area contributed by atoms with Gasteiger partial charge in [0.2, 0.25) is 11.6 Å². The van der Waals surface area contributed by atoms with Crippen LogP contribution in [0, 0.1) is 0 Å². The van der Waals surface area contributed by atoms with E-state index in [-0.39, 0.29) is 31.8 Å². The van der Waals surface area contributed by atoms with E-state index in [1.807, 2.05) is 24.3 Å². The molecule has 2 rings (SSSR count). The number of carbonyl (C=O) groups is 2. The van der Waals surface area contributed by atoms with E-state index in [9.17, 15) is 14.0 Å². The molecule has 1 aromatic carbocycles. The largest absolute Gasteiger partial charge is 0.497 e. The Balaban J connectivity index is 1.86. The number of hydrogen-bond acceptors (Lipinski definition) is 3. The lowest BCUT2D eigenvalue weighted by Crippen LogP contribution is -2.38. The van der Waals surface area contributed by atoms with Crippen molar-refractivity contribution >= 4 is 11.9 Å². The highest BCUT2D eigenvalue weighted by atomic mass is 19.1. The first kappa shape index (κ1) is 15.3. The molecule has 114 valence electrons. The van der Waals surface area contributed by atoms with Crippen LogP contribution in [0.25, 0.3) is 0 Å². The number of carboxylic acids is 1. The van der Waals surface area contributed by atoms with E-state index in [2.05, 4.69) is 0 Å². The number of hydrogen-bond donors (Lipinski definition) is 1. The topological polar surface area (TPSA) is 66.8 Å². The van der Waals surface area contributed by atoms with Gasteiger partial charge in [-0.3, -0.25) is 4.79 Å². The van der Waals surface area contributed by atoms with E-state index >= 15 is 0 Å². The van der Waals surface area contributed by atoms with E-state index in [0.29, 0.717) is 6.42 Å². The van der Waals surface area contributed by atoms with Crippen molar-refractivity contribution in [2.75, 3.05) is 20.2 Å². The zero-order valence-electron chi connectivity index (χ0n) is 11.8. The lowest BCUT2D eigenvalue weighted by molar-refractivity contribution is -0.150. The van der Waals surface area contributed by atoms with Gasteiger partial charge in [-0.2, -0.15) is 0 Å². The SMILES string of the molecule is COc1ccc(CCC(=O)N2CCC(F)(C(=O)O)C2)cc1. The second kappa shape index (κ2) is 6.11. The highest BCUT2D eigenvalue weighted by Crippen LogP contribution is 2.26. The first-order chi connectivity index (χ1) is 9.94. The highest BCUT2D eigenvalue weighted by molar-refractivity contribution is 5.82. The summed E-state index contributed by atoms with van der Waals surface area (Å²) in [4.78, 5) is 24.1. The predicted molar refractivity (Wildman–Crippen MR) is 74.0 cm³/mol. The van der Waals surface area contributed by atoms with Crippen LogP contribution in [0.3, 0.4) is 0 Å². The molecule has 0 bridgehead atoms. The van der Waals surface area contributed by atoms with Crippen LogP contribution in [0.2, 0.25) is 0 Å². The Morgan fingerprint density at radius 1 is 1.38 bits per heavy atom. The second-order valence-corrected chi connectivity index (χ2v) is 5.18. The summed E-state index contributed by atoms with van der Waals surface area (Å²) in [7, 11) is 1.58. The zero-order chi connectivity index (χ0) is 15.5. The van der Waals surface area contributed by atoms with Gasteiger partial charge in [-0.1, -0.05) is 12.1 Å². The number of benzene rings is 1. The van der Waals surface area contributed by atoms with Crippen molar-refractivity contribution in [3.05, 3.63) is 29.8 Å². The minimum atomic E-state index is -2.30. The molecule has 21 heavy (non-hydrogen) atoms. The molecule has 1 amide bonds. The van der Waals surface area contributed by atoms with Crippen LogP contribution in [0.15, 0.2) is 24.3 Å². The summed E-state index contributed by atoms with van der Waals surface area (Å²) in [5.41, 5.74) is -1.32. The third-order valence-corrected chi connectivity index (χ3v) is 3.74. The lowest BCUT2D eigenvalue weighted by atomic mass is 10.1. The number of aliphatic carboxylic acids is 1. The number of aryl methyl sites for hydroxylation is 1. The zero-order valence-corrected chi connectivity index (χ0v) is 11.8. The molecule has 0 aromatic heterocycles. The molecule has 1 aliphatic heterocycles. The molecular weight excluding hydrogens is 277 g/mol. The van der Waals surface area contributed by atoms with Gasteiger partial charge in [-0.25, -0.2) is 9.18 Å². The Kier molecular flexibility index (Phi) is 4.45. The number of carbonyl (C=O) groups excluding carboxylic acids is 1. The number of nitrogens with zero attached hydrogens (tertiary/aromatic N) is 1. The molecule has 0 saturated carbocycles. The summed E-state index contributed by atoms with van der Waals surface area (Å²) in [6.45, 7) is -0.200. The maximum absolute atomic E-state index is 13.9. The number of rotatable bonds is 5. The number of likely N-dealkylation sites (tertiary alicyclic amines) is 1. The normalized spacial score (nSPS) is 21.3. The summed E-state index contributed by atoms with van der Waals surface area (Å²) in [6.07, 6.45) is 0.629. The molecule has 1 saturated heterocycles. The van der Waals surface area contributed by atoms with Gasteiger partial charge in [0.15, 0.2) is 0 Å². The molecule has 1 N–H and O–H groups in total. The number of carboxylic acid groups (broad SMARTS) is 1. The van der Waals surface area contributed by atoms with Crippen molar-refractivity contribution in [1.29, 1.82) is 0 Å². The lowest BCUT2D eigenvalue weighted by Gasteiger charge is -2.17. The summed E-state index contributed by atoms with van der Waals surface area (Å²) < 4.78 is 18.9. The van der Waals surface area contributed by atoms with Crippen molar-refractivity contribution in [1.82, 2.24) is 4.90 Å². The standard InChI is InChI=1S/C15H18FNO4/c1-21-12-5-2-11(3-6-12)4-7-13(18)17-9-8-15(16,10-17)14(19)20/h2-3,5-6H,4,7-10H2,1H3,(H,19,20). The Hall–Kier alpha value is -2.11. The van der Waals surface area contributed by atoms with Gasteiger partial charge in [-0.15, -0.1) is 0 Å². The van der Waals surface area contributed by atoms with Crippen molar-refractivity contribution in [2.24, 2.45) is 0 Å². The quantitative estimate of drug-likeness (QED) is 0.897. The molecule has 6 heteroatoms. The van der Waals surface area contributed by atoms with Gasteiger partial charge >= 0.3 is 5.97 Å². The Labute approximate surface area is 122 Å². The first-order valence-corrected chi connectivity index (χ1v) is 6.77. The summed E-state index contributed by atoms with van der Waals surface area (Å²) >= 11 is 0. The Bertz CT molecular complexity index is 531. The average molecular weight is 295 g/mol. The maximum atomic E-state index is 13.9. The van der Waals surface area contributed by atoms with Crippen molar-refractivity contribution in [2.45, 2.75) is 24.9 Å². The molecule has 1 fully saturated rings. The fourth-order valence-electron chi connectivity index (χ4n) is 2.36. The molecule has 1 heterocycles.